The first-order chi connectivity index (χ1) is 13.1. The van der Waals surface area contributed by atoms with Crippen molar-refractivity contribution in [1.29, 1.82) is 0 Å². The van der Waals surface area contributed by atoms with Gasteiger partial charge in [0.1, 0.15) is 6.29 Å². The van der Waals surface area contributed by atoms with Crippen LogP contribution in [0.15, 0.2) is 41.6 Å². The Labute approximate surface area is 165 Å². The van der Waals surface area contributed by atoms with E-state index in [0.29, 0.717) is 6.29 Å². The number of nitro benzene ring substituents is 1. The third-order valence-electron chi connectivity index (χ3n) is 4.18. The fourth-order valence-electron chi connectivity index (χ4n) is 2.85. The Balaban J connectivity index is 2.10. The van der Waals surface area contributed by atoms with Gasteiger partial charge in [-0.15, -0.1) is 0 Å². The average molecular weight is 433 g/mol. The first kappa shape index (κ1) is 20.1. The van der Waals surface area contributed by atoms with Crippen molar-refractivity contribution in [3.63, 3.8) is 0 Å². The number of carbonyl (C=O) groups excluding carboxylic acids is 1. The summed E-state index contributed by atoms with van der Waals surface area (Å²) in [6.07, 6.45) is -5.38. The summed E-state index contributed by atoms with van der Waals surface area (Å²) in [7, 11) is 0. The lowest BCUT2D eigenvalue weighted by Gasteiger charge is -2.29. The van der Waals surface area contributed by atoms with Gasteiger partial charge in [0.2, 0.25) is 0 Å². The minimum Gasteiger partial charge on any atom is -0.374 e. The van der Waals surface area contributed by atoms with Gasteiger partial charge in [0, 0.05) is 27.2 Å². The highest BCUT2D eigenvalue weighted by atomic mass is 35.5. The van der Waals surface area contributed by atoms with Gasteiger partial charge < -0.3 is 4.84 Å². The van der Waals surface area contributed by atoms with E-state index in [4.69, 9.17) is 28.0 Å². The third-order valence-corrected chi connectivity index (χ3v) is 4.62. The molecule has 28 heavy (non-hydrogen) atoms. The number of rotatable bonds is 4. The number of oxime groups is 1. The molecule has 2 aromatic carbocycles. The first-order valence-corrected chi connectivity index (χ1v) is 8.35. The highest BCUT2D eigenvalue weighted by Crippen LogP contribution is 2.50. The molecule has 1 atom stereocenters. The van der Waals surface area contributed by atoms with Crippen molar-refractivity contribution in [2.45, 2.75) is 18.2 Å². The molecule has 0 spiro atoms. The second-order valence-corrected chi connectivity index (χ2v) is 6.81. The van der Waals surface area contributed by atoms with Crippen molar-refractivity contribution in [1.82, 2.24) is 0 Å². The summed E-state index contributed by atoms with van der Waals surface area (Å²) in [5.74, 6) is 0. The third kappa shape index (κ3) is 3.43. The summed E-state index contributed by atoms with van der Waals surface area (Å²) in [6.45, 7) is 0. The molecule has 0 aliphatic carbocycles. The monoisotopic (exact) mass is 432 g/mol. The van der Waals surface area contributed by atoms with Crippen LogP contribution in [0.1, 0.15) is 27.9 Å². The summed E-state index contributed by atoms with van der Waals surface area (Å²) >= 11 is 11.7. The molecule has 1 aliphatic rings. The van der Waals surface area contributed by atoms with Gasteiger partial charge in [-0.2, -0.15) is 13.2 Å². The van der Waals surface area contributed by atoms with Crippen LogP contribution in [0.2, 0.25) is 10.0 Å². The van der Waals surface area contributed by atoms with Crippen molar-refractivity contribution in [2.75, 3.05) is 0 Å². The lowest BCUT2D eigenvalue weighted by atomic mass is 9.86. The lowest BCUT2D eigenvalue weighted by molar-refractivity contribution is -0.385. The van der Waals surface area contributed by atoms with Crippen LogP contribution < -0.4 is 0 Å². The summed E-state index contributed by atoms with van der Waals surface area (Å²) < 4.78 is 41.9. The number of hydrogen-bond acceptors (Lipinski definition) is 5. The maximum absolute atomic E-state index is 14.0. The number of halogens is 5. The van der Waals surface area contributed by atoms with E-state index in [1.807, 2.05) is 0 Å². The number of nitrogens with zero attached hydrogens (tertiary/aromatic N) is 2. The van der Waals surface area contributed by atoms with E-state index >= 15 is 0 Å². The number of nitro groups is 1. The zero-order valence-corrected chi connectivity index (χ0v) is 15.2. The second-order valence-electron chi connectivity index (χ2n) is 5.94. The predicted molar refractivity (Wildman–Crippen MR) is 94.9 cm³/mol. The molecule has 1 heterocycles. The van der Waals surface area contributed by atoms with Gasteiger partial charge in [-0.25, -0.2) is 0 Å². The molecule has 2 aromatic rings. The Hall–Kier alpha value is -2.65. The maximum atomic E-state index is 14.0. The lowest BCUT2D eigenvalue weighted by Crippen LogP contribution is -2.42. The van der Waals surface area contributed by atoms with Crippen LogP contribution in [0.25, 0.3) is 0 Å². The molecule has 0 fully saturated rings. The smallest absolute Gasteiger partial charge is 0.374 e. The highest BCUT2D eigenvalue weighted by molar-refractivity contribution is 6.34. The zero-order valence-electron chi connectivity index (χ0n) is 13.7. The van der Waals surface area contributed by atoms with Crippen molar-refractivity contribution >= 4 is 40.9 Å². The molecule has 11 heteroatoms. The molecule has 0 bridgehead atoms. The first-order valence-electron chi connectivity index (χ1n) is 7.60. The largest absolute Gasteiger partial charge is 0.435 e. The van der Waals surface area contributed by atoms with Crippen LogP contribution in [-0.2, 0) is 10.4 Å². The molecule has 3 rings (SSSR count). The maximum Gasteiger partial charge on any atom is 0.435 e. The summed E-state index contributed by atoms with van der Waals surface area (Å²) in [4.78, 5) is 26.1. The molecular weight excluding hydrogens is 424 g/mol. The minimum absolute atomic E-state index is 0.00123. The number of hydrogen-bond donors (Lipinski definition) is 0. The Bertz CT molecular complexity index is 990. The van der Waals surface area contributed by atoms with Crippen LogP contribution in [0.4, 0.5) is 18.9 Å². The number of alkyl halides is 3. The SMILES string of the molecule is O=Cc1ccc(C2=NOC(c3cc(Cl)cc(Cl)c3)(C(F)(F)F)C2)c([N+](=O)[O-])c1. The van der Waals surface area contributed by atoms with Gasteiger partial charge >= 0.3 is 6.18 Å². The molecule has 0 aromatic heterocycles. The molecule has 146 valence electrons. The molecule has 0 N–H and O–H groups in total. The Kier molecular flexibility index (Phi) is 5.07. The number of aldehydes is 1. The summed E-state index contributed by atoms with van der Waals surface area (Å²) in [5.41, 5.74) is -4.34. The zero-order chi connectivity index (χ0) is 20.7. The van der Waals surface area contributed by atoms with E-state index in [1.54, 1.807) is 0 Å². The Morgan fingerprint density at radius 1 is 1.18 bits per heavy atom. The Morgan fingerprint density at radius 3 is 2.36 bits per heavy atom. The normalized spacial score (nSPS) is 19.1. The quantitative estimate of drug-likeness (QED) is 0.373. The van der Waals surface area contributed by atoms with E-state index in [9.17, 15) is 28.1 Å². The standard InChI is InChI=1S/C17H9Cl2F3N2O4/c18-11-4-10(5-12(19)6-11)16(17(20,21)22)7-14(23-28-16)13-2-1-9(8-25)3-15(13)24(26)27/h1-6,8H,7H2. The summed E-state index contributed by atoms with van der Waals surface area (Å²) in [5, 5.41) is 14.7. The van der Waals surface area contributed by atoms with Crippen molar-refractivity contribution in [3.05, 3.63) is 73.2 Å². The van der Waals surface area contributed by atoms with Crippen LogP contribution in [0.3, 0.4) is 0 Å². The van der Waals surface area contributed by atoms with Crippen molar-refractivity contribution in [3.8, 4) is 0 Å². The van der Waals surface area contributed by atoms with E-state index in [1.165, 1.54) is 12.1 Å². The summed E-state index contributed by atoms with van der Waals surface area (Å²) in [6, 6.07) is 6.70. The van der Waals surface area contributed by atoms with E-state index in [-0.39, 0.29) is 32.4 Å². The molecule has 1 unspecified atom stereocenters. The van der Waals surface area contributed by atoms with Crippen LogP contribution in [0, 0.1) is 10.1 Å². The molecular formula is C17H9Cl2F3N2O4. The van der Waals surface area contributed by atoms with Gasteiger partial charge in [-0.05, 0) is 24.3 Å². The van der Waals surface area contributed by atoms with Gasteiger partial charge in [-0.3, -0.25) is 14.9 Å². The molecule has 0 radical (unpaired) electrons. The van der Waals surface area contributed by atoms with Crippen molar-refractivity contribution in [2.24, 2.45) is 5.16 Å². The molecule has 1 aliphatic heterocycles. The highest BCUT2D eigenvalue weighted by Gasteiger charge is 2.62. The van der Waals surface area contributed by atoms with Gasteiger partial charge in [0.05, 0.1) is 22.6 Å². The molecule has 0 saturated carbocycles. The van der Waals surface area contributed by atoms with Gasteiger partial charge in [0.25, 0.3) is 11.3 Å². The molecule has 6 nitrogen and oxygen atoms in total. The van der Waals surface area contributed by atoms with Crippen LogP contribution in [-0.4, -0.2) is 23.1 Å². The van der Waals surface area contributed by atoms with Gasteiger partial charge in [-0.1, -0.05) is 34.4 Å². The topological polar surface area (TPSA) is 81.8 Å². The predicted octanol–water partition coefficient (Wildman–Crippen LogP) is 5.30. The van der Waals surface area contributed by atoms with Crippen LogP contribution >= 0.6 is 23.2 Å². The van der Waals surface area contributed by atoms with Crippen molar-refractivity contribution < 1.29 is 27.7 Å². The number of carbonyl (C=O) groups is 1. The Morgan fingerprint density at radius 2 is 1.82 bits per heavy atom. The van der Waals surface area contributed by atoms with E-state index < -0.39 is 28.8 Å². The van der Waals surface area contributed by atoms with Crippen LogP contribution in [0.5, 0.6) is 0 Å². The van der Waals surface area contributed by atoms with E-state index in [0.717, 1.165) is 24.3 Å². The van der Waals surface area contributed by atoms with E-state index in [2.05, 4.69) is 5.16 Å². The minimum atomic E-state index is -4.93. The fraction of sp³-hybridized carbons (Fsp3) is 0.176. The molecule has 0 amide bonds. The number of benzene rings is 2. The fourth-order valence-corrected chi connectivity index (χ4v) is 3.38. The van der Waals surface area contributed by atoms with Gasteiger partial charge in [0.15, 0.2) is 0 Å². The average Bonchev–Trinajstić information content (AvgIpc) is 3.07. The second kappa shape index (κ2) is 7.06. The molecule has 0 saturated heterocycles.